The van der Waals surface area contributed by atoms with E-state index in [1.54, 1.807) is 10.9 Å². The molecular formula is C22H28N6O4. The number of benzene rings is 1. The average Bonchev–Trinajstić information content (AvgIpc) is 3.11. The van der Waals surface area contributed by atoms with Crippen molar-refractivity contribution in [1.29, 1.82) is 0 Å². The second-order valence-electron chi connectivity index (χ2n) is 8.63. The molecule has 3 rings (SSSR count). The third-order valence-electron chi connectivity index (χ3n) is 4.85. The molecule has 2 amide bonds. The summed E-state index contributed by atoms with van der Waals surface area (Å²) in [5, 5.41) is 2.64. The lowest BCUT2D eigenvalue weighted by Gasteiger charge is -2.14. The van der Waals surface area contributed by atoms with Crippen LogP contribution in [0.2, 0.25) is 0 Å². The topological polar surface area (TPSA) is 134 Å². The summed E-state index contributed by atoms with van der Waals surface area (Å²) in [6.07, 6.45) is 1.56. The van der Waals surface area contributed by atoms with E-state index >= 15 is 0 Å². The van der Waals surface area contributed by atoms with E-state index in [2.05, 4.69) is 10.3 Å². The van der Waals surface area contributed by atoms with Crippen LogP contribution in [0.25, 0.3) is 11.2 Å². The minimum absolute atomic E-state index is 0.134. The van der Waals surface area contributed by atoms with Crippen molar-refractivity contribution in [3.05, 3.63) is 57.0 Å². The van der Waals surface area contributed by atoms with Gasteiger partial charge in [-0.1, -0.05) is 27.7 Å². The minimum Gasteiger partial charge on any atom is -0.366 e. The molecular weight excluding hydrogens is 412 g/mol. The Hall–Kier alpha value is -3.69. The third-order valence-corrected chi connectivity index (χ3v) is 4.85. The lowest BCUT2D eigenvalue weighted by atomic mass is 10.2. The molecule has 0 bridgehead atoms. The average molecular weight is 441 g/mol. The molecule has 170 valence electrons. The summed E-state index contributed by atoms with van der Waals surface area (Å²) in [7, 11) is 0. The standard InChI is InChI=1S/C22H28N6O4/c1-13(2)9-26-12-24-20-18(26)21(31)28(22(32)27(20)10-14(3)4)11-17(29)25-16-7-5-15(6-8-16)19(23)30/h5-8,12-14H,9-11H2,1-4H3,(H2,23,30)(H,25,29). The van der Waals surface area contributed by atoms with Crippen LogP contribution < -0.4 is 22.3 Å². The Kier molecular flexibility index (Phi) is 6.61. The zero-order valence-corrected chi connectivity index (χ0v) is 18.7. The third kappa shape index (κ3) is 4.79. The van der Waals surface area contributed by atoms with Gasteiger partial charge in [0.05, 0.1) is 6.33 Å². The molecule has 3 N–H and O–H groups in total. The lowest BCUT2D eigenvalue weighted by Crippen LogP contribution is -2.43. The number of imidazole rings is 1. The van der Waals surface area contributed by atoms with Crippen molar-refractivity contribution in [3.8, 4) is 0 Å². The van der Waals surface area contributed by atoms with Gasteiger partial charge in [0.15, 0.2) is 11.2 Å². The Morgan fingerprint density at radius 3 is 2.19 bits per heavy atom. The molecule has 2 heterocycles. The van der Waals surface area contributed by atoms with Gasteiger partial charge in [-0.15, -0.1) is 0 Å². The zero-order valence-electron chi connectivity index (χ0n) is 18.7. The number of primary amides is 1. The molecule has 3 aromatic rings. The molecule has 32 heavy (non-hydrogen) atoms. The van der Waals surface area contributed by atoms with E-state index in [1.165, 1.54) is 28.8 Å². The van der Waals surface area contributed by atoms with Crippen LogP contribution in [0.15, 0.2) is 40.2 Å². The number of aromatic nitrogens is 4. The highest BCUT2D eigenvalue weighted by Crippen LogP contribution is 2.12. The van der Waals surface area contributed by atoms with E-state index in [4.69, 9.17) is 5.73 Å². The van der Waals surface area contributed by atoms with Crippen molar-refractivity contribution in [2.24, 2.45) is 17.6 Å². The molecule has 0 saturated carbocycles. The van der Waals surface area contributed by atoms with Crippen LogP contribution in [0.4, 0.5) is 5.69 Å². The molecule has 1 aromatic carbocycles. The predicted molar refractivity (Wildman–Crippen MR) is 122 cm³/mol. The van der Waals surface area contributed by atoms with Gasteiger partial charge in [0, 0.05) is 24.3 Å². The SMILES string of the molecule is CC(C)Cn1cnc2c1c(=O)n(CC(=O)Nc1ccc(C(N)=O)cc1)c(=O)n2CC(C)C. The number of carbonyl (C=O) groups excluding carboxylic acids is 2. The molecule has 0 aliphatic rings. The fourth-order valence-corrected chi connectivity index (χ4v) is 3.50. The van der Waals surface area contributed by atoms with E-state index in [-0.39, 0.29) is 11.8 Å². The molecule has 0 unspecified atom stereocenters. The largest absolute Gasteiger partial charge is 0.366 e. The van der Waals surface area contributed by atoms with Gasteiger partial charge < -0.3 is 15.6 Å². The second-order valence-corrected chi connectivity index (χ2v) is 8.63. The molecule has 10 nitrogen and oxygen atoms in total. The van der Waals surface area contributed by atoms with Gasteiger partial charge in [0.2, 0.25) is 11.8 Å². The number of fused-ring (bicyclic) bond motifs is 1. The highest BCUT2D eigenvalue weighted by molar-refractivity contribution is 5.94. The van der Waals surface area contributed by atoms with Crippen LogP contribution in [-0.4, -0.2) is 30.5 Å². The highest BCUT2D eigenvalue weighted by atomic mass is 16.2. The molecule has 0 radical (unpaired) electrons. The zero-order chi connectivity index (χ0) is 23.6. The smallest absolute Gasteiger partial charge is 0.333 e. The van der Waals surface area contributed by atoms with E-state index in [9.17, 15) is 19.2 Å². The predicted octanol–water partition coefficient (Wildman–Crippen LogP) is 1.41. The Bertz CT molecular complexity index is 1260. The molecule has 10 heteroatoms. The molecule has 0 saturated heterocycles. The van der Waals surface area contributed by atoms with Gasteiger partial charge >= 0.3 is 5.69 Å². The summed E-state index contributed by atoms with van der Waals surface area (Å²) in [5.74, 6) is -0.722. The summed E-state index contributed by atoms with van der Waals surface area (Å²) in [4.78, 5) is 54.5. The van der Waals surface area contributed by atoms with Crippen molar-refractivity contribution in [1.82, 2.24) is 18.7 Å². The minimum atomic E-state index is -0.578. The first-order chi connectivity index (χ1) is 15.1. The first-order valence-electron chi connectivity index (χ1n) is 10.5. The van der Waals surface area contributed by atoms with E-state index < -0.39 is 29.6 Å². The van der Waals surface area contributed by atoms with Gasteiger partial charge in [0.1, 0.15) is 6.54 Å². The Morgan fingerprint density at radius 1 is 1.00 bits per heavy atom. The number of carbonyl (C=O) groups is 2. The van der Waals surface area contributed by atoms with Crippen LogP contribution in [0.5, 0.6) is 0 Å². The summed E-state index contributed by atoms with van der Waals surface area (Å²) in [6.45, 7) is 8.43. The molecule has 0 aliphatic carbocycles. The van der Waals surface area contributed by atoms with Gasteiger partial charge in [-0.05, 0) is 36.1 Å². The normalized spacial score (nSPS) is 11.4. The fourth-order valence-electron chi connectivity index (χ4n) is 3.50. The molecule has 2 aromatic heterocycles. The Balaban J connectivity index is 2.00. The molecule has 0 fully saturated rings. The molecule has 0 spiro atoms. The van der Waals surface area contributed by atoms with Gasteiger partial charge in [-0.25, -0.2) is 14.3 Å². The van der Waals surface area contributed by atoms with Crippen LogP contribution in [0.3, 0.4) is 0 Å². The van der Waals surface area contributed by atoms with Gasteiger partial charge in [-0.2, -0.15) is 0 Å². The fraction of sp³-hybridized carbons (Fsp3) is 0.409. The van der Waals surface area contributed by atoms with Gasteiger partial charge in [0.25, 0.3) is 5.56 Å². The maximum Gasteiger partial charge on any atom is 0.333 e. The number of hydrogen-bond acceptors (Lipinski definition) is 5. The number of amides is 2. The van der Waals surface area contributed by atoms with Crippen molar-refractivity contribution in [3.63, 3.8) is 0 Å². The molecule has 0 aliphatic heterocycles. The number of nitrogens with one attached hydrogen (secondary N) is 1. The van der Waals surface area contributed by atoms with Crippen LogP contribution in [-0.2, 0) is 24.4 Å². The number of hydrogen-bond donors (Lipinski definition) is 2. The van der Waals surface area contributed by atoms with Crippen LogP contribution in [0, 0.1) is 11.8 Å². The maximum atomic E-state index is 13.2. The second kappa shape index (κ2) is 9.21. The number of nitrogens with zero attached hydrogens (tertiary/aromatic N) is 4. The Labute approximate surface area is 184 Å². The van der Waals surface area contributed by atoms with E-state index in [1.807, 2.05) is 27.7 Å². The lowest BCUT2D eigenvalue weighted by molar-refractivity contribution is -0.116. The number of rotatable bonds is 8. The number of nitrogens with two attached hydrogens (primary N) is 1. The van der Waals surface area contributed by atoms with Crippen molar-refractivity contribution in [2.45, 2.75) is 47.3 Å². The van der Waals surface area contributed by atoms with Crippen molar-refractivity contribution in [2.75, 3.05) is 5.32 Å². The summed E-state index contributed by atoms with van der Waals surface area (Å²) in [5.41, 5.74) is 5.44. The quantitative estimate of drug-likeness (QED) is 0.546. The van der Waals surface area contributed by atoms with Crippen molar-refractivity contribution < 1.29 is 9.59 Å². The Morgan fingerprint density at radius 2 is 1.62 bits per heavy atom. The van der Waals surface area contributed by atoms with E-state index in [0.29, 0.717) is 35.5 Å². The summed E-state index contributed by atoms with van der Waals surface area (Å²) in [6, 6.07) is 6.02. The first-order valence-corrected chi connectivity index (χ1v) is 10.5. The van der Waals surface area contributed by atoms with E-state index in [0.717, 1.165) is 4.57 Å². The maximum absolute atomic E-state index is 13.2. The monoisotopic (exact) mass is 440 g/mol. The van der Waals surface area contributed by atoms with Gasteiger partial charge in [-0.3, -0.25) is 19.0 Å². The molecule has 0 atom stereocenters. The first kappa shape index (κ1) is 23.0. The highest BCUT2D eigenvalue weighted by Gasteiger charge is 2.20. The number of anilines is 1. The van der Waals surface area contributed by atoms with Crippen molar-refractivity contribution >= 4 is 28.7 Å². The van der Waals surface area contributed by atoms with Crippen LogP contribution >= 0.6 is 0 Å². The summed E-state index contributed by atoms with van der Waals surface area (Å²) < 4.78 is 4.12. The van der Waals surface area contributed by atoms with Crippen LogP contribution in [0.1, 0.15) is 38.1 Å². The summed E-state index contributed by atoms with van der Waals surface area (Å²) >= 11 is 0.